The number of nitrogens with zero attached hydrogens (tertiary/aromatic N) is 2. The third kappa shape index (κ3) is 5.23. The molecular formula is C24H23N3O5S. The Balaban J connectivity index is 1.51. The van der Waals surface area contributed by atoms with Gasteiger partial charge in [-0.15, -0.1) is 0 Å². The molecule has 3 aromatic rings. The third-order valence-corrected chi connectivity index (χ3v) is 5.73. The van der Waals surface area contributed by atoms with Crippen LogP contribution in [-0.2, 0) is 4.79 Å². The van der Waals surface area contributed by atoms with Crippen molar-refractivity contribution in [3.05, 3.63) is 42.0 Å². The summed E-state index contributed by atoms with van der Waals surface area (Å²) in [6.45, 7) is 5.72. The number of nitrogens with one attached hydrogen (secondary N) is 1. The number of anilines is 1. The molecule has 1 amide bonds. The molecule has 0 aliphatic carbocycles. The van der Waals surface area contributed by atoms with Crippen molar-refractivity contribution in [2.45, 2.75) is 18.9 Å². The van der Waals surface area contributed by atoms with Crippen LogP contribution in [0.25, 0.3) is 10.9 Å². The van der Waals surface area contributed by atoms with Gasteiger partial charge in [0.05, 0.1) is 35.7 Å². The Morgan fingerprint density at radius 1 is 1.12 bits per heavy atom. The first kappa shape index (κ1) is 22.6. The molecule has 0 unspecified atom stereocenters. The highest BCUT2D eigenvalue weighted by Gasteiger charge is 2.17. The summed E-state index contributed by atoms with van der Waals surface area (Å²) in [5, 5.41) is 13.7. The van der Waals surface area contributed by atoms with Gasteiger partial charge in [-0.05, 0) is 38.1 Å². The van der Waals surface area contributed by atoms with Gasteiger partial charge in [0.1, 0.15) is 35.8 Å². The van der Waals surface area contributed by atoms with Gasteiger partial charge in [-0.2, -0.15) is 5.26 Å². The summed E-state index contributed by atoms with van der Waals surface area (Å²) >= 11 is 1.20. The second-order valence-corrected chi connectivity index (χ2v) is 7.97. The number of hydrogen-bond acceptors (Lipinski definition) is 8. The van der Waals surface area contributed by atoms with Crippen molar-refractivity contribution in [1.82, 2.24) is 4.98 Å². The third-order valence-electron chi connectivity index (χ3n) is 4.74. The zero-order valence-corrected chi connectivity index (χ0v) is 19.2. The van der Waals surface area contributed by atoms with Crippen LogP contribution in [0.5, 0.6) is 23.0 Å². The number of carbonyl (C=O) groups excluding carboxylic acids is 1. The maximum atomic E-state index is 12.7. The van der Waals surface area contributed by atoms with Crippen molar-refractivity contribution in [2.24, 2.45) is 0 Å². The van der Waals surface area contributed by atoms with Gasteiger partial charge in [0.2, 0.25) is 5.91 Å². The minimum Gasteiger partial charge on any atom is -0.494 e. The van der Waals surface area contributed by atoms with Gasteiger partial charge >= 0.3 is 0 Å². The quantitative estimate of drug-likeness (QED) is 0.488. The van der Waals surface area contributed by atoms with Crippen molar-refractivity contribution in [3.63, 3.8) is 0 Å². The largest absolute Gasteiger partial charge is 0.494 e. The number of rotatable bonds is 8. The van der Waals surface area contributed by atoms with E-state index in [9.17, 15) is 10.1 Å². The van der Waals surface area contributed by atoms with Crippen molar-refractivity contribution < 1.29 is 23.7 Å². The summed E-state index contributed by atoms with van der Waals surface area (Å²) < 4.78 is 22.4. The molecule has 170 valence electrons. The van der Waals surface area contributed by atoms with Crippen LogP contribution in [0.15, 0.2) is 41.4 Å². The van der Waals surface area contributed by atoms with Crippen molar-refractivity contribution >= 4 is 34.3 Å². The smallest absolute Gasteiger partial charge is 0.234 e. The number of carbonyl (C=O) groups is 1. The van der Waals surface area contributed by atoms with E-state index in [0.29, 0.717) is 71.2 Å². The molecule has 33 heavy (non-hydrogen) atoms. The fraction of sp³-hybridized carbons (Fsp3) is 0.292. The molecule has 0 saturated carbocycles. The highest BCUT2D eigenvalue weighted by Crippen LogP contribution is 2.36. The summed E-state index contributed by atoms with van der Waals surface area (Å²) in [5.74, 6) is 2.29. The second kappa shape index (κ2) is 10.3. The summed E-state index contributed by atoms with van der Waals surface area (Å²) in [6, 6.07) is 12.8. The number of ether oxygens (including phenoxy) is 4. The van der Waals surface area contributed by atoms with Gasteiger partial charge in [0.25, 0.3) is 0 Å². The lowest BCUT2D eigenvalue weighted by atomic mass is 10.1. The van der Waals surface area contributed by atoms with Crippen LogP contribution in [0.3, 0.4) is 0 Å². The van der Waals surface area contributed by atoms with Gasteiger partial charge in [0.15, 0.2) is 11.5 Å². The Morgan fingerprint density at radius 2 is 1.88 bits per heavy atom. The number of thioether (sulfide) groups is 1. The fourth-order valence-corrected chi connectivity index (χ4v) is 4.11. The maximum absolute atomic E-state index is 12.7. The lowest BCUT2D eigenvalue weighted by molar-refractivity contribution is -0.113. The molecule has 0 atom stereocenters. The van der Waals surface area contributed by atoms with Gasteiger partial charge in [-0.1, -0.05) is 11.8 Å². The number of nitriles is 1. The van der Waals surface area contributed by atoms with Crippen LogP contribution in [-0.4, -0.2) is 43.1 Å². The molecule has 2 heterocycles. The van der Waals surface area contributed by atoms with E-state index in [2.05, 4.69) is 16.4 Å². The molecule has 0 saturated heterocycles. The van der Waals surface area contributed by atoms with Crippen LogP contribution in [0.2, 0.25) is 0 Å². The Bertz CT molecular complexity index is 1220. The SMILES string of the molecule is CCOc1ccc(OCC)c(NC(=O)CSc2nc3cc4c(cc3cc2C#N)OCCO4)c1. The van der Waals surface area contributed by atoms with E-state index in [1.165, 1.54) is 11.8 Å². The van der Waals surface area contributed by atoms with E-state index >= 15 is 0 Å². The molecule has 0 radical (unpaired) electrons. The average molecular weight is 466 g/mol. The van der Waals surface area contributed by atoms with E-state index in [0.717, 1.165) is 5.39 Å². The van der Waals surface area contributed by atoms with Crippen LogP contribution < -0.4 is 24.3 Å². The molecule has 0 bridgehead atoms. The molecular weight excluding hydrogens is 442 g/mol. The number of pyridine rings is 1. The Morgan fingerprint density at radius 3 is 2.61 bits per heavy atom. The van der Waals surface area contributed by atoms with E-state index in [1.54, 1.807) is 30.3 Å². The topological polar surface area (TPSA) is 103 Å². The van der Waals surface area contributed by atoms with E-state index in [4.69, 9.17) is 18.9 Å². The number of amides is 1. The molecule has 2 aromatic carbocycles. The molecule has 1 N–H and O–H groups in total. The lowest BCUT2D eigenvalue weighted by Crippen LogP contribution is -2.16. The predicted octanol–water partition coefficient (Wildman–Crippen LogP) is 4.41. The summed E-state index contributed by atoms with van der Waals surface area (Å²) in [7, 11) is 0. The van der Waals surface area contributed by atoms with Gasteiger partial charge < -0.3 is 24.3 Å². The van der Waals surface area contributed by atoms with Crippen molar-refractivity contribution in [1.29, 1.82) is 5.26 Å². The first-order valence-electron chi connectivity index (χ1n) is 10.6. The molecule has 4 rings (SSSR count). The maximum Gasteiger partial charge on any atom is 0.234 e. The minimum absolute atomic E-state index is 0.0716. The van der Waals surface area contributed by atoms with Crippen LogP contribution in [0.4, 0.5) is 5.69 Å². The number of benzene rings is 2. The Labute approximate surface area is 195 Å². The molecule has 0 fully saturated rings. The van der Waals surface area contributed by atoms with Gasteiger partial charge in [-0.25, -0.2) is 4.98 Å². The van der Waals surface area contributed by atoms with Crippen LogP contribution >= 0.6 is 11.8 Å². The highest BCUT2D eigenvalue weighted by molar-refractivity contribution is 8.00. The standard InChI is InChI=1S/C24H23N3O5S/c1-3-29-17-5-6-20(30-4-2)19(11-17)26-23(28)14-33-24-16(13-25)9-15-10-21-22(12-18(15)27-24)32-8-7-31-21/h5-6,9-12H,3-4,7-8,14H2,1-2H3,(H,26,28). The first-order valence-corrected chi connectivity index (χ1v) is 11.6. The lowest BCUT2D eigenvalue weighted by Gasteiger charge is -2.19. The Hall–Kier alpha value is -3.64. The van der Waals surface area contributed by atoms with E-state index in [-0.39, 0.29) is 11.7 Å². The summed E-state index contributed by atoms with van der Waals surface area (Å²) in [6.07, 6.45) is 0. The van der Waals surface area contributed by atoms with Gasteiger partial charge in [-0.3, -0.25) is 4.79 Å². The van der Waals surface area contributed by atoms with Crippen molar-refractivity contribution in [2.75, 3.05) is 37.5 Å². The van der Waals surface area contributed by atoms with Crippen LogP contribution in [0, 0.1) is 11.3 Å². The number of fused-ring (bicyclic) bond motifs is 2. The average Bonchev–Trinajstić information content (AvgIpc) is 2.82. The monoisotopic (exact) mass is 465 g/mol. The molecule has 9 heteroatoms. The Kier molecular flexibility index (Phi) is 7.05. The predicted molar refractivity (Wildman–Crippen MR) is 126 cm³/mol. The minimum atomic E-state index is -0.248. The molecule has 1 aliphatic rings. The zero-order valence-electron chi connectivity index (χ0n) is 18.3. The second-order valence-electron chi connectivity index (χ2n) is 7.00. The summed E-state index contributed by atoms with van der Waals surface area (Å²) in [5.41, 5.74) is 1.60. The number of hydrogen-bond donors (Lipinski definition) is 1. The molecule has 0 spiro atoms. The molecule has 1 aliphatic heterocycles. The van der Waals surface area contributed by atoms with Crippen molar-refractivity contribution in [3.8, 4) is 29.1 Å². The molecule has 8 nitrogen and oxygen atoms in total. The fourth-order valence-electron chi connectivity index (χ4n) is 3.35. The van der Waals surface area contributed by atoms with E-state index in [1.807, 2.05) is 19.9 Å². The normalized spacial score (nSPS) is 12.2. The summed E-state index contributed by atoms with van der Waals surface area (Å²) in [4.78, 5) is 17.3. The highest BCUT2D eigenvalue weighted by atomic mass is 32.2. The number of aromatic nitrogens is 1. The van der Waals surface area contributed by atoms with Gasteiger partial charge in [0, 0.05) is 17.5 Å². The molecule has 1 aromatic heterocycles. The van der Waals surface area contributed by atoms with E-state index < -0.39 is 0 Å². The zero-order chi connectivity index (χ0) is 23.2. The first-order chi connectivity index (χ1) is 16.1. The van der Waals surface area contributed by atoms with Crippen LogP contribution in [0.1, 0.15) is 19.4 Å².